The van der Waals surface area contributed by atoms with E-state index >= 15 is 0 Å². The molecule has 226 valence electrons. The maximum Gasteiger partial charge on any atom is 0.222 e. The molecule has 8 atom stereocenters. The van der Waals surface area contributed by atoms with Crippen molar-refractivity contribution >= 4 is 22.5 Å². The fraction of sp³-hybridized carbons (Fsp3) is 0.694. The molecule has 0 bridgehead atoms. The van der Waals surface area contributed by atoms with E-state index in [0.29, 0.717) is 29.1 Å². The van der Waals surface area contributed by atoms with Crippen LogP contribution in [0.3, 0.4) is 0 Å². The van der Waals surface area contributed by atoms with E-state index in [0.717, 1.165) is 92.1 Å². The van der Waals surface area contributed by atoms with Crippen LogP contribution < -0.4 is 4.90 Å². The van der Waals surface area contributed by atoms with Crippen molar-refractivity contribution in [3.05, 3.63) is 42.4 Å². The summed E-state index contributed by atoms with van der Waals surface area (Å²) in [6, 6.07) is 4.07. The van der Waals surface area contributed by atoms with Crippen molar-refractivity contribution in [2.24, 2.45) is 40.4 Å². The molecule has 6 heteroatoms. The second-order valence-corrected chi connectivity index (χ2v) is 15.0. The van der Waals surface area contributed by atoms with Crippen molar-refractivity contribution < 1.29 is 9.90 Å². The van der Waals surface area contributed by atoms with Crippen molar-refractivity contribution in [3.8, 4) is 0 Å². The Morgan fingerprint density at radius 3 is 2.69 bits per heavy atom. The minimum atomic E-state index is -0.128. The summed E-state index contributed by atoms with van der Waals surface area (Å²) >= 11 is 0. The first-order valence-electron chi connectivity index (χ1n) is 16.9. The Labute approximate surface area is 252 Å². The predicted molar refractivity (Wildman–Crippen MR) is 168 cm³/mol. The third-order valence-corrected chi connectivity index (χ3v) is 13.1. The highest BCUT2D eigenvalue weighted by atomic mass is 16.3. The number of carbonyl (C=O) groups excluding carboxylic acids is 1. The Balaban J connectivity index is 0.948. The van der Waals surface area contributed by atoms with Gasteiger partial charge in [-0.15, -0.1) is 0 Å². The first kappa shape index (κ1) is 28.3. The number of aliphatic hydroxyl groups is 1. The molecule has 1 N–H and O–H groups in total. The molecule has 5 aliphatic rings. The van der Waals surface area contributed by atoms with Gasteiger partial charge in [0.25, 0.3) is 0 Å². The molecule has 0 unspecified atom stereocenters. The van der Waals surface area contributed by atoms with E-state index in [1.807, 2.05) is 30.7 Å². The van der Waals surface area contributed by atoms with Crippen LogP contribution in [0.5, 0.6) is 0 Å². The smallest absolute Gasteiger partial charge is 0.222 e. The Morgan fingerprint density at radius 2 is 1.86 bits per heavy atom. The molecule has 4 fully saturated rings. The molecule has 3 heterocycles. The van der Waals surface area contributed by atoms with E-state index in [1.54, 1.807) is 5.57 Å². The van der Waals surface area contributed by atoms with Crippen LogP contribution in [0.1, 0.15) is 85.0 Å². The lowest BCUT2D eigenvalue weighted by Crippen LogP contribution is -2.51. The van der Waals surface area contributed by atoms with Crippen molar-refractivity contribution in [2.45, 2.75) is 91.1 Å². The van der Waals surface area contributed by atoms with E-state index in [2.05, 4.69) is 46.6 Å². The van der Waals surface area contributed by atoms with Gasteiger partial charge >= 0.3 is 0 Å². The number of carbonyl (C=O) groups is 1. The first-order chi connectivity index (χ1) is 20.3. The number of hydrogen-bond donors (Lipinski definition) is 1. The standard InChI is InChI=1S/C36H50N4O2/c1-24(4-9-33(42)39-18-20-40(21-19-39)34-29-23-37-16-12-25(29)13-17-38-34)30-7-8-31-28-6-5-26-22-27(41)10-14-35(26,2)32(28)11-15-36(30,31)3/h5,12-13,16-17,23-24,27-28,30-32,41H,4,6-11,14-15,18-22H2,1-3H3/t24-,27+,28+,30-,31+,32+,35+,36-/m1/s1. The van der Waals surface area contributed by atoms with Gasteiger partial charge in [-0.2, -0.15) is 0 Å². The highest BCUT2D eigenvalue weighted by Crippen LogP contribution is 2.67. The van der Waals surface area contributed by atoms with Crippen molar-refractivity contribution in [3.63, 3.8) is 0 Å². The summed E-state index contributed by atoms with van der Waals surface area (Å²) in [5.74, 6) is 5.03. The van der Waals surface area contributed by atoms with E-state index < -0.39 is 0 Å². The van der Waals surface area contributed by atoms with Gasteiger partial charge in [0, 0.05) is 56.6 Å². The average Bonchev–Trinajstić information content (AvgIpc) is 3.37. The number of piperazine rings is 1. The molecule has 1 amide bonds. The van der Waals surface area contributed by atoms with Gasteiger partial charge in [-0.3, -0.25) is 9.78 Å². The number of hydrogen-bond acceptors (Lipinski definition) is 5. The predicted octanol–water partition coefficient (Wildman–Crippen LogP) is 6.63. The van der Waals surface area contributed by atoms with Crippen LogP contribution in [0.4, 0.5) is 5.82 Å². The lowest BCUT2D eigenvalue weighted by Gasteiger charge is -2.58. The number of aromatic nitrogens is 2. The van der Waals surface area contributed by atoms with Crippen LogP contribution in [-0.2, 0) is 4.79 Å². The maximum atomic E-state index is 13.4. The molecular weight excluding hydrogens is 520 g/mol. The lowest BCUT2D eigenvalue weighted by molar-refractivity contribution is -0.132. The molecule has 6 nitrogen and oxygen atoms in total. The third kappa shape index (κ3) is 4.67. The topological polar surface area (TPSA) is 69.6 Å². The quantitative estimate of drug-likeness (QED) is 0.409. The van der Waals surface area contributed by atoms with E-state index in [-0.39, 0.29) is 6.10 Å². The lowest BCUT2D eigenvalue weighted by atomic mass is 9.47. The normalized spacial score (nSPS) is 37.0. The van der Waals surface area contributed by atoms with Crippen LogP contribution in [0, 0.1) is 40.4 Å². The van der Waals surface area contributed by atoms with Crippen LogP contribution in [0.2, 0.25) is 0 Å². The molecule has 1 saturated heterocycles. The first-order valence-corrected chi connectivity index (χ1v) is 16.9. The molecule has 0 aromatic carbocycles. The molecule has 2 aromatic heterocycles. The van der Waals surface area contributed by atoms with Crippen LogP contribution in [0.15, 0.2) is 42.4 Å². The number of amides is 1. The Kier molecular flexibility index (Phi) is 7.35. The summed E-state index contributed by atoms with van der Waals surface area (Å²) in [7, 11) is 0. The summed E-state index contributed by atoms with van der Waals surface area (Å²) < 4.78 is 0. The minimum absolute atomic E-state index is 0.128. The summed E-state index contributed by atoms with van der Waals surface area (Å²) in [6.45, 7) is 10.8. The number of allylic oxidation sites excluding steroid dienone is 1. The Morgan fingerprint density at radius 1 is 1.05 bits per heavy atom. The Hall–Kier alpha value is -2.47. The van der Waals surface area contributed by atoms with Gasteiger partial charge < -0.3 is 14.9 Å². The third-order valence-electron chi connectivity index (χ3n) is 13.1. The molecule has 3 saturated carbocycles. The molecule has 1 aliphatic heterocycles. The van der Waals surface area contributed by atoms with E-state index in [4.69, 9.17) is 0 Å². The van der Waals surface area contributed by atoms with Gasteiger partial charge in [-0.05, 0) is 116 Å². The van der Waals surface area contributed by atoms with Crippen molar-refractivity contribution in [2.75, 3.05) is 31.1 Å². The zero-order valence-corrected chi connectivity index (χ0v) is 26.0. The number of fused-ring (bicyclic) bond motifs is 6. The van der Waals surface area contributed by atoms with Crippen molar-refractivity contribution in [1.82, 2.24) is 14.9 Å². The maximum absolute atomic E-state index is 13.4. The van der Waals surface area contributed by atoms with Crippen LogP contribution in [-0.4, -0.2) is 58.2 Å². The second kappa shape index (κ2) is 10.9. The van der Waals surface area contributed by atoms with Crippen LogP contribution in [0.25, 0.3) is 10.8 Å². The highest BCUT2D eigenvalue weighted by molar-refractivity contribution is 5.91. The number of anilines is 1. The molecule has 42 heavy (non-hydrogen) atoms. The molecule has 7 rings (SSSR count). The highest BCUT2D eigenvalue weighted by Gasteiger charge is 2.59. The minimum Gasteiger partial charge on any atom is -0.393 e. The van der Waals surface area contributed by atoms with Gasteiger partial charge in [0.05, 0.1) is 6.10 Å². The van der Waals surface area contributed by atoms with Gasteiger partial charge in [0.2, 0.25) is 5.91 Å². The molecule has 0 spiro atoms. The number of nitrogens with zero attached hydrogens (tertiary/aromatic N) is 4. The zero-order valence-electron chi connectivity index (χ0n) is 26.0. The largest absolute Gasteiger partial charge is 0.393 e. The number of aliphatic hydroxyl groups excluding tert-OH is 1. The van der Waals surface area contributed by atoms with Gasteiger partial charge in [-0.25, -0.2) is 4.98 Å². The molecule has 2 aromatic rings. The monoisotopic (exact) mass is 570 g/mol. The van der Waals surface area contributed by atoms with Crippen LogP contribution >= 0.6 is 0 Å². The van der Waals surface area contributed by atoms with E-state index in [9.17, 15) is 9.90 Å². The molecule has 4 aliphatic carbocycles. The fourth-order valence-electron chi connectivity index (χ4n) is 10.7. The van der Waals surface area contributed by atoms with Gasteiger partial charge in [0.1, 0.15) is 5.82 Å². The second-order valence-electron chi connectivity index (χ2n) is 15.0. The Bertz CT molecular complexity index is 1350. The van der Waals surface area contributed by atoms with E-state index in [1.165, 1.54) is 32.1 Å². The van der Waals surface area contributed by atoms with Crippen molar-refractivity contribution in [1.29, 1.82) is 0 Å². The molecule has 0 radical (unpaired) electrons. The number of pyridine rings is 2. The molecular formula is C36H50N4O2. The summed E-state index contributed by atoms with van der Waals surface area (Å²) in [6.07, 6.45) is 19.4. The van der Waals surface area contributed by atoms with Gasteiger partial charge in [-0.1, -0.05) is 32.4 Å². The summed E-state index contributed by atoms with van der Waals surface area (Å²) in [5.41, 5.74) is 2.29. The fourth-order valence-corrected chi connectivity index (χ4v) is 10.7. The summed E-state index contributed by atoms with van der Waals surface area (Å²) in [5, 5.41) is 12.6. The number of rotatable bonds is 5. The van der Waals surface area contributed by atoms with Gasteiger partial charge in [0.15, 0.2) is 0 Å². The average molecular weight is 571 g/mol. The zero-order chi connectivity index (χ0) is 29.1. The SMILES string of the molecule is C[C@H](CCC(=O)N1CCN(c2nccc3ccncc23)CC1)[C@H]1CC[C@H]2[C@@H]3CC=C4C[C@@H](O)CC[C@]4(C)[C@H]3CC[C@]12C. The summed E-state index contributed by atoms with van der Waals surface area (Å²) in [4.78, 5) is 26.8.